The Morgan fingerprint density at radius 1 is 1.09 bits per heavy atom. The van der Waals surface area contributed by atoms with Crippen molar-refractivity contribution >= 4 is 33.0 Å². The molecule has 0 fully saturated rings. The topological polar surface area (TPSA) is 86.2 Å². The van der Waals surface area contributed by atoms with Crippen LogP contribution in [0.1, 0.15) is 16.9 Å². The van der Waals surface area contributed by atoms with Gasteiger partial charge in [0.1, 0.15) is 6.33 Å². The maximum absolute atomic E-state index is 12.9. The van der Waals surface area contributed by atoms with Crippen molar-refractivity contribution in [3.05, 3.63) is 81.4 Å². The first-order chi connectivity index (χ1) is 16.8. The zero-order chi connectivity index (χ0) is 24.7. The SMILES string of the molecule is CN1C(=O)CCc2cc(-c3ccc4cc(Cn5cnn(CC(CN)=C(F)F)c5=O)sc4c3)ccc21. The molecular formula is C25H23F2N5O2S. The first-order valence-corrected chi connectivity index (χ1v) is 11.9. The van der Waals surface area contributed by atoms with Gasteiger partial charge >= 0.3 is 5.69 Å². The molecule has 10 heteroatoms. The van der Waals surface area contributed by atoms with E-state index in [4.69, 9.17) is 5.73 Å². The van der Waals surface area contributed by atoms with Crippen LogP contribution in [0.15, 0.2) is 65.2 Å². The average Bonchev–Trinajstić information content (AvgIpc) is 3.41. The predicted octanol–water partition coefficient (Wildman–Crippen LogP) is 3.99. The lowest BCUT2D eigenvalue weighted by Crippen LogP contribution is -2.30. The van der Waals surface area contributed by atoms with E-state index < -0.39 is 11.8 Å². The fraction of sp³-hybridized carbons (Fsp3) is 0.240. The molecule has 0 atom stereocenters. The summed E-state index contributed by atoms with van der Waals surface area (Å²) >= 11 is 1.57. The van der Waals surface area contributed by atoms with Gasteiger partial charge < -0.3 is 10.6 Å². The third-order valence-electron chi connectivity index (χ3n) is 6.30. The third-order valence-corrected chi connectivity index (χ3v) is 7.39. The molecule has 0 saturated heterocycles. The molecule has 0 unspecified atom stereocenters. The molecule has 0 spiro atoms. The second-order valence-corrected chi connectivity index (χ2v) is 9.70. The number of nitrogens with two attached hydrogens (primary N) is 1. The van der Waals surface area contributed by atoms with Crippen molar-refractivity contribution in [1.82, 2.24) is 14.3 Å². The molecule has 35 heavy (non-hydrogen) atoms. The number of hydrogen-bond donors (Lipinski definition) is 1. The standard InChI is InChI=1S/C25H23F2N5O2S/c1-30-21-6-4-15(8-17(21)5-7-23(30)33)16-2-3-18-9-20(35-22(18)10-16)13-31-14-29-32(25(31)34)12-19(11-28)24(26)27/h2-4,6,8-10,14H,5,7,11-13,28H2,1H3. The van der Waals surface area contributed by atoms with E-state index >= 15 is 0 Å². The van der Waals surface area contributed by atoms with Gasteiger partial charge in [-0.05, 0) is 52.8 Å². The normalized spacial score (nSPS) is 13.4. The third kappa shape index (κ3) is 4.42. The summed E-state index contributed by atoms with van der Waals surface area (Å²) < 4.78 is 29.3. The minimum absolute atomic E-state index is 0.133. The molecule has 2 aromatic heterocycles. The molecule has 7 nitrogen and oxygen atoms in total. The molecule has 0 aliphatic carbocycles. The van der Waals surface area contributed by atoms with Gasteiger partial charge in [-0.25, -0.2) is 9.48 Å². The van der Waals surface area contributed by atoms with Crippen molar-refractivity contribution in [2.45, 2.75) is 25.9 Å². The van der Waals surface area contributed by atoms with Crippen LogP contribution < -0.4 is 16.3 Å². The highest BCUT2D eigenvalue weighted by Crippen LogP contribution is 2.34. The van der Waals surface area contributed by atoms with E-state index in [1.807, 2.05) is 24.3 Å². The molecule has 3 heterocycles. The largest absolute Gasteiger partial charge is 0.346 e. The van der Waals surface area contributed by atoms with Gasteiger partial charge in [0.2, 0.25) is 5.91 Å². The zero-order valence-corrected chi connectivity index (χ0v) is 19.8. The fourth-order valence-corrected chi connectivity index (χ4v) is 5.42. The molecule has 1 amide bonds. The van der Waals surface area contributed by atoms with Crippen LogP contribution in [0.2, 0.25) is 0 Å². The number of anilines is 1. The van der Waals surface area contributed by atoms with Gasteiger partial charge in [-0.3, -0.25) is 9.36 Å². The molecular weight excluding hydrogens is 472 g/mol. The van der Waals surface area contributed by atoms with Gasteiger partial charge in [0.25, 0.3) is 6.08 Å². The molecule has 4 aromatic rings. The fourth-order valence-electron chi connectivity index (χ4n) is 4.32. The Balaban J connectivity index is 1.39. The average molecular weight is 496 g/mol. The number of fused-ring (bicyclic) bond motifs is 2. The van der Waals surface area contributed by atoms with Gasteiger partial charge in [-0.1, -0.05) is 18.2 Å². The highest BCUT2D eigenvalue weighted by molar-refractivity contribution is 7.19. The quantitative estimate of drug-likeness (QED) is 0.438. The van der Waals surface area contributed by atoms with Crippen LogP contribution in [0.5, 0.6) is 0 Å². The van der Waals surface area contributed by atoms with E-state index in [1.54, 1.807) is 23.3 Å². The molecule has 5 rings (SSSR count). The van der Waals surface area contributed by atoms with Crippen LogP contribution >= 0.6 is 11.3 Å². The lowest BCUT2D eigenvalue weighted by atomic mass is 9.96. The maximum atomic E-state index is 12.9. The van der Waals surface area contributed by atoms with Crippen molar-refractivity contribution in [2.24, 2.45) is 5.73 Å². The van der Waals surface area contributed by atoms with Crippen LogP contribution in [-0.2, 0) is 24.3 Å². The van der Waals surface area contributed by atoms with E-state index in [0.29, 0.717) is 13.0 Å². The van der Waals surface area contributed by atoms with Crippen molar-refractivity contribution in [3.8, 4) is 11.1 Å². The summed E-state index contributed by atoms with van der Waals surface area (Å²) in [4.78, 5) is 27.2. The number of nitrogens with zero attached hydrogens (tertiary/aromatic N) is 4. The lowest BCUT2D eigenvalue weighted by Gasteiger charge is -2.26. The van der Waals surface area contributed by atoms with E-state index in [9.17, 15) is 18.4 Å². The first-order valence-electron chi connectivity index (χ1n) is 11.1. The Morgan fingerprint density at radius 2 is 1.86 bits per heavy atom. The van der Waals surface area contributed by atoms with Gasteiger partial charge in [-0.15, -0.1) is 11.3 Å². The summed E-state index contributed by atoms with van der Waals surface area (Å²) in [7, 11) is 1.81. The van der Waals surface area contributed by atoms with Gasteiger partial charge in [-0.2, -0.15) is 13.9 Å². The van der Waals surface area contributed by atoms with E-state index in [0.717, 1.165) is 48.4 Å². The molecule has 0 radical (unpaired) electrons. The van der Waals surface area contributed by atoms with Crippen LogP contribution in [-0.4, -0.2) is 33.8 Å². The lowest BCUT2D eigenvalue weighted by molar-refractivity contribution is -0.118. The molecule has 2 N–H and O–H groups in total. The Labute approximate surface area is 203 Å². The smallest absolute Gasteiger partial charge is 0.327 e. The van der Waals surface area contributed by atoms with Crippen LogP contribution in [0.3, 0.4) is 0 Å². The van der Waals surface area contributed by atoms with Gasteiger partial charge in [0.15, 0.2) is 0 Å². The van der Waals surface area contributed by atoms with Crippen LogP contribution in [0, 0.1) is 0 Å². The van der Waals surface area contributed by atoms with Crippen molar-refractivity contribution in [2.75, 3.05) is 18.5 Å². The Bertz CT molecular complexity index is 1530. The van der Waals surface area contributed by atoms with Crippen LogP contribution in [0.25, 0.3) is 21.2 Å². The second kappa shape index (κ2) is 9.20. The van der Waals surface area contributed by atoms with Crippen molar-refractivity contribution in [3.63, 3.8) is 0 Å². The Hall–Kier alpha value is -3.63. The zero-order valence-electron chi connectivity index (χ0n) is 19.0. The van der Waals surface area contributed by atoms with Gasteiger partial charge in [0, 0.05) is 40.9 Å². The minimum Gasteiger partial charge on any atom is -0.327 e. The maximum Gasteiger partial charge on any atom is 0.346 e. The summed E-state index contributed by atoms with van der Waals surface area (Å²) in [6.07, 6.45) is 0.731. The highest BCUT2D eigenvalue weighted by atomic mass is 32.1. The number of thiophene rings is 1. The Kier molecular flexibility index (Phi) is 6.08. The highest BCUT2D eigenvalue weighted by Gasteiger charge is 2.21. The van der Waals surface area contributed by atoms with E-state index in [-0.39, 0.29) is 24.6 Å². The monoisotopic (exact) mass is 495 g/mol. The molecule has 1 aliphatic rings. The van der Waals surface area contributed by atoms with Crippen LogP contribution in [0.4, 0.5) is 14.5 Å². The number of benzene rings is 2. The summed E-state index contributed by atoms with van der Waals surface area (Å²) in [5, 5.41) is 5.02. The van der Waals surface area contributed by atoms with Crippen molar-refractivity contribution < 1.29 is 13.6 Å². The molecule has 0 saturated carbocycles. The predicted molar refractivity (Wildman–Crippen MR) is 133 cm³/mol. The number of hydrogen-bond acceptors (Lipinski definition) is 5. The number of carbonyl (C=O) groups excluding carboxylic acids is 1. The summed E-state index contributed by atoms with van der Waals surface area (Å²) in [5.41, 5.74) is 8.85. The number of rotatable bonds is 6. The molecule has 2 aromatic carbocycles. The summed E-state index contributed by atoms with van der Waals surface area (Å²) in [6, 6.07) is 14.4. The van der Waals surface area contributed by atoms with E-state index in [1.165, 1.54) is 10.9 Å². The first kappa shape index (κ1) is 23.1. The number of carbonyl (C=O) groups is 1. The van der Waals surface area contributed by atoms with Crippen molar-refractivity contribution in [1.29, 1.82) is 0 Å². The van der Waals surface area contributed by atoms with Gasteiger partial charge in [0.05, 0.1) is 13.1 Å². The summed E-state index contributed by atoms with van der Waals surface area (Å²) in [6.45, 7) is -0.364. The second-order valence-electron chi connectivity index (χ2n) is 8.53. The number of aryl methyl sites for hydroxylation is 1. The summed E-state index contributed by atoms with van der Waals surface area (Å²) in [5.74, 6) is 0.133. The van der Waals surface area contributed by atoms with E-state index in [2.05, 4.69) is 23.3 Å². The Morgan fingerprint density at radius 3 is 2.63 bits per heavy atom. The molecule has 1 aliphatic heterocycles. The molecule has 180 valence electrons. The minimum atomic E-state index is -1.88. The number of halogens is 2. The number of aromatic nitrogens is 3. The number of amides is 1. The molecule has 0 bridgehead atoms.